The second-order valence-electron chi connectivity index (χ2n) is 5.46. The molecule has 1 aromatic rings. The van der Waals surface area contributed by atoms with E-state index in [0.29, 0.717) is 12.0 Å². The zero-order valence-electron chi connectivity index (χ0n) is 12.2. The highest BCUT2D eigenvalue weighted by molar-refractivity contribution is 9.10. The van der Waals surface area contributed by atoms with Crippen LogP contribution in [0.4, 0.5) is 5.69 Å². The van der Waals surface area contributed by atoms with E-state index in [1.165, 1.54) is 30.4 Å². The number of nitrogens with zero attached hydrogens (tertiary/aromatic N) is 1. The van der Waals surface area contributed by atoms with Gasteiger partial charge in [0.2, 0.25) is 5.96 Å². The van der Waals surface area contributed by atoms with Crippen molar-refractivity contribution < 1.29 is 0 Å². The first-order chi connectivity index (χ1) is 9.60. The van der Waals surface area contributed by atoms with Gasteiger partial charge >= 0.3 is 0 Å². The minimum Gasteiger partial charge on any atom is -0.325 e. The predicted molar refractivity (Wildman–Crippen MR) is 88.9 cm³/mol. The summed E-state index contributed by atoms with van der Waals surface area (Å²) in [6.45, 7) is 4.16. The van der Waals surface area contributed by atoms with E-state index in [2.05, 4.69) is 57.6 Å². The van der Waals surface area contributed by atoms with E-state index < -0.39 is 0 Å². The van der Waals surface area contributed by atoms with E-state index in [1.54, 1.807) is 0 Å². The number of guanidine groups is 1. The van der Waals surface area contributed by atoms with Crippen molar-refractivity contribution in [2.45, 2.75) is 52.0 Å². The van der Waals surface area contributed by atoms with Crippen LogP contribution in [0.5, 0.6) is 0 Å². The maximum atomic E-state index is 5.59. The van der Waals surface area contributed by atoms with Crippen molar-refractivity contribution >= 4 is 27.6 Å². The van der Waals surface area contributed by atoms with E-state index in [0.717, 1.165) is 23.0 Å². The highest BCUT2D eigenvalue weighted by Gasteiger charge is 2.13. The predicted octanol–water partition coefficient (Wildman–Crippen LogP) is 3.63. The van der Waals surface area contributed by atoms with Crippen molar-refractivity contribution in [2.75, 3.05) is 5.32 Å². The van der Waals surface area contributed by atoms with E-state index in [1.807, 2.05) is 0 Å². The lowest BCUT2D eigenvalue weighted by molar-refractivity contribution is 0.442. The van der Waals surface area contributed by atoms with Crippen LogP contribution in [0, 0.1) is 13.8 Å². The average molecular weight is 339 g/mol. The molecule has 0 bridgehead atoms. The van der Waals surface area contributed by atoms with Gasteiger partial charge in [-0.15, -0.1) is 0 Å². The standard InChI is InChI=1S/C15H23BrN4/c1-10-8-13(9-11(2)14(10)16)19-15(20-17)18-12-6-4-3-5-7-12/h8-9,12H,3-7,17H2,1-2H3,(H2,18,19,20). The van der Waals surface area contributed by atoms with Crippen molar-refractivity contribution in [1.82, 2.24) is 5.43 Å². The number of nitrogens with two attached hydrogens (primary N) is 1. The Kier molecular flexibility index (Phi) is 5.43. The van der Waals surface area contributed by atoms with E-state index in [9.17, 15) is 0 Å². The molecule has 110 valence electrons. The Balaban J connectivity index is 2.11. The topological polar surface area (TPSA) is 62.4 Å². The van der Waals surface area contributed by atoms with Crippen LogP contribution in [0.3, 0.4) is 0 Å². The van der Waals surface area contributed by atoms with Crippen molar-refractivity contribution in [3.05, 3.63) is 27.7 Å². The molecule has 0 aromatic heterocycles. The smallest absolute Gasteiger partial charge is 0.210 e. The maximum absolute atomic E-state index is 5.59. The van der Waals surface area contributed by atoms with E-state index >= 15 is 0 Å². The Morgan fingerprint density at radius 1 is 1.20 bits per heavy atom. The summed E-state index contributed by atoms with van der Waals surface area (Å²) in [4.78, 5) is 4.69. The number of hydrazine groups is 1. The lowest BCUT2D eigenvalue weighted by Gasteiger charge is -2.20. The third kappa shape index (κ3) is 3.96. The molecule has 4 N–H and O–H groups in total. The van der Waals surface area contributed by atoms with Gasteiger partial charge < -0.3 is 5.32 Å². The summed E-state index contributed by atoms with van der Waals surface area (Å²) >= 11 is 3.58. The van der Waals surface area contributed by atoms with Gasteiger partial charge in [-0.3, -0.25) is 5.43 Å². The number of aliphatic imine (C=N–C) groups is 1. The Bertz CT molecular complexity index is 470. The first-order valence-electron chi connectivity index (χ1n) is 7.18. The van der Waals surface area contributed by atoms with Gasteiger partial charge in [-0.2, -0.15) is 0 Å². The van der Waals surface area contributed by atoms with E-state index in [-0.39, 0.29) is 0 Å². The molecule has 1 saturated carbocycles. The lowest BCUT2D eigenvalue weighted by Crippen LogP contribution is -2.37. The number of halogens is 1. The number of hydrogen-bond acceptors (Lipinski definition) is 2. The van der Waals surface area contributed by atoms with Crippen molar-refractivity contribution in [1.29, 1.82) is 0 Å². The van der Waals surface area contributed by atoms with Crippen LogP contribution in [0.15, 0.2) is 21.6 Å². The van der Waals surface area contributed by atoms with Crippen LogP contribution in [0.2, 0.25) is 0 Å². The Morgan fingerprint density at radius 2 is 1.80 bits per heavy atom. The van der Waals surface area contributed by atoms with Gasteiger partial charge in [0.1, 0.15) is 0 Å². The van der Waals surface area contributed by atoms with Gasteiger partial charge in [0.15, 0.2) is 0 Å². The van der Waals surface area contributed by atoms with E-state index in [4.69, 9.17) is 5.84 Å². The summed E-state index contributed by atoms with van der Waals surface area (Å²) in [7, 11) is 0. The number of hydrogen-bond donors (Lipinski definition) is 3. The van der Waals surface area contributed by atoms with Gasteiger partial charge in [0.25, 0.3) is 0 Å². The Hall–Kier alpha value is -1.07. The van der Waals surface area contributed by atoms with Gasteiger partial charge in [0, 0.05) is 10.2 Å². The molecule has 5 heteroatoms. The monoisotopic (exact) mass is 338 g/mol. The Labute approximate surface area is 129 Å². The van der Waals surface area contributed by atoms with Crippen LogP contribution in [-0.4, -0.2) is 12.0 Å². The fourth-order valence-electron chi connectivity index (χ4n) is 2.65. The van der Waals surface area contributed by atoms with Gasteiger partial charge in [-0.05, 0) is 49.9 Å². The van der Waals surface area contributed by atoms with Crippen LogP contribution in [0.1, 0.15) is 43.2 Å². The summed E-state index contributed by atoms with van der Waals surface area (Å²) < 4.78 is 1.15. The lowest BCUT2D eigenvalue weighted by atomic mass is 9.96. The highest BCUT2D eigenvalue weighted by Crippen LogP contribution is 2.25. The summed E-state index contributed by atoms with van der Waals surface area (Å²) in [5, 5.41) is 3.28. The second kappa shape index (κ2) is 7.09. The molecule has 0 unspecified atom stereocenters. The Morgan fingerprint density at radius 3 is 2.35 bits per heavy atom. The van der Waals surface area contributed by atoms with Crippen LogP contribution < -0.4 is 16.6 Å². The zero-order chi connectivity index (χ0) is 14.5. The number of aryl methyl sites for hydroxylation is 2. The molecule has 0 spiro atoms. The molecule has 1 aliphatic carbocycles. The second-order valence-corrected chi connectivity index (χ2v) is 6.26. The third-order valence-corrected chi connectivity index (χ3v) is 4.97. The van der Waals surface area contributed by atoms with Gasteiger partial charge in [0.05, 0.1) is 6.04 Å². The molecule has 1 aliphatic rings. The molecule has 0 saturated heterocycles. The summed E-state index contributed by atoms with van der Waals surface area (Å²) in [6, 6.07) is 4.57. The van der Waals surface area contributed by atoms with Crippen LogP contribution in [-0.2, 0) is 0 Å². The molecule has 1 aromatic carbocycles. The molecule has 1 fully saturated rings. The molecule has 0 aliphatic heterocycles. The van der Waals surface area contributed by atoms with Crippen LogP contribution >= 0.6 is 15.9 Å². The minimum atomic E-state index is 0.389. The average Bonchev–Trinajstić information content (AvgIpc) is 2.45. The van der Waals surface area contributed by atoms with Crippen LogP contribution in [0.25, 0.3) is 0 Å². The fraction of sp³-hybridized carbons (Fsp3) is 0.533. The van der Waals surface area contributed by atoms with Crippen molar-refractivity contribution in [2.24, 2.45) is 10.8 Å². The minimum absolute atomic E-state index is 0.389. The quantitative estimate of drug-likeness (QED) is 0.334. The first kappa shape index (κ1) is 15.3. The molecule has 0 radical (unpaired) electrons. The summed E-state index contributed by atoms with van der Waals surface area (Å²) in [5.74, 6) is 6.24. The number of nitrogens with one attached hydrogen (secondary N) is 2. The summed E-state index contributed by atoms with van der Waals surface area (Å²) in [6.07, 6.45) is 6.18. The largest absolute Gasteiger partial charge is 0.325 e. The number of benzene rings is 1. The molecular formula is C15H23BrN4. The van der Waals surface area contributed by atoms with Crippen molar-refractivity contribution in [3.8, 4) is 0 Å². The fourth-order valence-corrected chi connectivity index (χ4v) is 2.88. The number of anilines is 1. The molecule has 2 rings (SSSR count). The highest BCUT2D eigenvalue weighted by atomic mass is 79.9. The maximum Gasteiger partial charge on any atom is 0.210 e. The summed E-state index contributed by atoms with van der Waals surface area (Å²) in [5.41, 5.74) is 6.08. The van der Waals surface area contributed by atoms with Crippen molar-refractivity contribution in [3.63, 3.8) is 0 Å². The molecule has 0 amide bonds. The first-order valence-corrected chi connectivity index (χ1v) is 7.97. The molecule has 20 heavy (non-hydrogen) atoms. The molecule has 0 atom stereocenters. The number of rotatable bonds is 2. The third-order valence-electron chi connectivity index (χ3n) is 3.72. The SMILES string of the molecule is Cc1cc(NC(=NC2CCCCC2)NN)cc(C)c1Br. The molecule has 4 nitrogen and oxygen atoms in total. The van der Waals surface area contributed by atoms with Gasteiger partial charge in [-0.25, -0.2) is 10.8 Å². The zero-order valence-corrected chi connectivity index (χ0v) is 13.8. The normalized spacial score (nSPS) is 17.1. The molecule has 0 heterocycles. The van der Waals surface area contributed by atoms with Gasteiger partial charge in [-0.1, -0.05) is 35.2 Å². The molecular weight excluding hydrogens is 316 g/mol.